The Kier molecular flexibility index (Phi) is 5.08. The number of ether oxygens (including phenoxy) is 1. The van der Waals surface area contributed by atoms with Gasteiger partial charge in [0.25, 0.3) is 0 Å². The van der Waals surface area contributed by atoms with Gasteiger partial charge in [-0.05, 0) is 37.0 Å². The molecule has 1 aliphatic rings. The van der Waals surface area contributed by atoms with Crippen molar-refractivity contribution in [3.05, 3.63) is 49.2 Å². The normalized spacial score (nSPS) is 14.9. The monoisotopic (exact) mass is 406 g/mol. The summed E-state index contributed by atoms with van der Waals surface area (Å²) in [5.41, 5.74) is 1.83. The molecule has 7 nitrogen and oxygen atoms in total. The van der Waals surface area contributed by atoms with Crippen LogP contribution in [0.15, 0.2) is 49.2 Å². The Bertz CT molecular complexity index is 1090. The number of hydrogen-bond donors (Lipinski definition) is 1. The first kappa shape index (κ1) is 18.1. The fraction of sp³-hybridized carbons (Fsp3) is 0.333. The van der Waals surface area contributed by atoms with Gasteiger partial charge in [-0.1, -0.05) is 30.6 Å². The van der Waals surface area contributed by atoms with Crippen molar-refractivity contribution in [3.63, 3.8) is 0 Å². The largest absolute Gasteiger partial charge is 0.439 e. The number of nitrogens with one attached hydrogen (secondary N) is 1. The zero-order valence-corrected chi connectivity index (χ0v) is 16.8. The maximum Gasteiger partial charge on any atom is 0.221 e. The molecule has 4 aromatic rings. The average molecular weight is 407 g/mol. The van der Waals surface area contributed by atoms with Crippen LogP contribution in [0.25, 0.3) is 15.9 Å². The van der Waals surface area contributed by atoms with Crippen molar-refractivity contribution < 1.29 is 4.74 Å². The number of aromatic nitrogens is 5. The molecule has 5 rings (SSSR count). The zero-order valence-electron chi connectivity index (χ0n) is 16.0. The van der Waals surface area contributed by atoms with Crippen LogP contribution in [0, 0.1) is 5.92 Å². The van der Waals surface area contributed by atoms with Crippen LogP contribution < -0.4 is 10.1 Å². The van der Waals surface area contributed by atoms with E-state index < -0.39 is 0 Å². The predicted octanol–water partition coefficient (Wildman–Crippen LogP) is 5.06. The van der Waals surface area contributed by atoms with Gasteiger partial charge in [0.05, 0.1) is 15.9 Å². The minimum atomic E-state index is 0.512. The molecule has 1 N–H and O–H groups in total. The van der Waals surface area contributed by atoms with E-state index in [0.717, 1.165) is 39.2 Å². The molecule has 1 fully saturated rings. The SMILES string of the molecule is c1cc(-n2cncn2)cc(Oc2ccc3nc(NCC4CCCCC4)sc3c2)n1. The summed E-state index contributed by atoms with van der Waals surface area (Å²) in [6.45, 7) is 1.02. The van der Waals surface area contributed by atoms with Crippen LogP contribution in [-0.4, -0.2) is 31.3 Å². The van der Waals surface area contributed by atoms with Gasteiger partial charge >= 0.3 is 0 Å². The van der Waals surface area contributed by atoms with Crippen molar-refractivity contribution in [2.75, 3.05) is 11.9 Å². The van der Waals surface area contributed by atoms with Gasteiger partial charge in [0, 0.05) is 24.9 Å². The Morgan fingerprint density at radius 3 is 2.93 bits per heavy atom. The minimum Gasteiger partial charge on any atom is -0.439 e. The standard InChI is InChI=1S/C21H22N6OS/c1-2-4-15(5-3-1)12-24-21-26-18-7-6-17(11-19(18)29-21)28-20-10-16(8-9-23-20)27-14-22-13-25-27/h6-11,13-15H,1-5,12H2,(H,24,26). The van der Waals surface area contributed by atoms with E-state index in [1.807, 2.05) is 30.3 Å². The van der Waals surface area contributed by atoms with E-state index in [4.69, 9.17) is 9.72 Å². The van der Waals surface area contributed by atoms with Crippen molar-refractivity contribution in [2.45, 2.75) is 32.1 Å². The Hall–Kier alpha value is -3.00. The summed E-state index contributed by atoms with van der Waals surface area (Å²) < 4.78 is 8.75. The first-order valence-corrected chi connectivity index (χ1v) is 10.8. The van der Waals surface area contributed by atoms with Crippen LogP contribution in [-0.2, 0) is 0 Å². The predicted molar refractivity (Wildman–Crippen MR) is 114 cm³/mol. The molecule has 3 heterocycles. The number of nitrogens with zero attached hydrogens (tertiary/aromatic N) is 5. The van der Waals surface area contributed by atoms with Crippen molar-refractivity contribution >= 4 is 26.7 Å². The molecule has 1 aliphatic carbocycles. The second kappa shape index (κ2) is 8.16. The highest BCUT2D eigenvalue weighted by molar-refractivity contribution is 7.22. The van der Waals surface area contributed by atoms with Gasteiger partial charge in [-0.15, -0.1) is 0 Å². The number of rotatable bonds is 6. The van der Waals surface area contributed by atoms with Gasteiger partial charge in [-0.2, -0.15) is 5.10 Å². The van der Waals surface area contributed by atoms with Crippen LogP contribution in [0.1, 0.15) is 32.1 Å². The lowest BCUT2D eigenvalue weighted by molar-refractivity contribution is 0.373. The zero-order chi connectivity index (χ0) is 19.5. The third-order valence-electron chi connectivity index (χ3n) is 5.25. The Balaban J connectivity index is 1.29. The first-order valence-electron chi connectivity index (χ1n) is 9.97. The van der Waals surface area contributed by atoms with E-state index in [2.05, 4.69) is 20.4 Å². The maximum absolute atomic E-state index is 5.98. The Labute approximate surface area is 172 Å². The molecule has 0 unspecified atom stereocenters. The molecular weight excluding hydrogens is 384 g/mol. The molecule has 1 saturated carbocycles. The molecule has 3 aromatic heterocycles. The third-order valence-corrected chi connectivity index (χ3v) is 6.23. The van der Waals surface area contributed by atoms with E-state index in [1.165, 1.54) is 38.4 Å². The molecular formula is C21H22N6OS. The maximum atomic E-state index is 5.98. The molecule has 8 heteroatoms. The molecule has 0 radical (unpaired) electrons. The fourth-order valence-corrected chi connectivity index (χ4v) is 4.63. The highest BCUT2D eigenvalue weighted by Crippen LogP contribution is 2.32. The molecule has 1 aromatic carbocycles. The smallest absolute Gasteiger partial charge is 0.221 e. The van der Waals surface area contributed by atoms with E-state index in [-0.39, 0.29) is 0 Å². The van der Waals surface area contributed by atoms with Crippen molar-refractivity contribution in [1.29, 1.82) is 0 Å². The van der Waals surface area contributed by atoms with Gasteiger partial charge in [0.1, 0.15) is 18.4 Å². The van der Waals surface area contributed by atoms with E-state index in [1.54, 1.807) is 28.5 Å². The number of thiazole rings is 1. The second-order valence-corrected chi connectivity index (χ2v) is 8.36. The van der Waals surface area contributed by atoms with Crippen LogP contribution in [0.2, 0.25) is 0 Å². The number of hydrogen-bond acceptors (Lipinski definition) is 7. The summed E-state index contributed by atoms with van der Waals surface area (Å²) in [6, 6.07) is 9.63. The first-order chi connectivity index (χ1) is 14.3. The molecule has 0 atom stereocenters. The third kappa shape index (κ3) is 4.22. The molecule has 0 amide bonds. The van der Waals surface area contributed by atoms with Gasteiger partial charge in [-0.25, -0.2) is 19.6 Å². The number of fused-ring (bicyclic) bond motifs is 1. The fourth-order valence-electron chi connectivity index (χ4n) is 3.73. The quantitative estimate of drug-likeness (QED) is 0.482. The molecule has 0 spiro atoms. The average Bonchev–Trinajstić information content (AvgIpc) is 3.43. The summed E-state index contributed by atoms with van der Waals surface area (Å²) in [5, 5.41) is 8.65. The molecule has 0 bridgehead atoms. The summed E-state index contributed by atoms with van der Waals surface area (Å²) >= 11 is 1.67. The van der Waals surface area contributed by atoms with Gasteiger partial charge in [0.15, 0.2) is 5.13 Å². The summed E-state index contributed by atoms with van der Waals surface area (Å²) in [4.78, 5) is 13.0. The summed E-state index contributed by atoms with van der Waals surface area (Å²) in [6.07, 6.45) is 11.6. The number of benzene rings is 1. The lowest BCUT2D eigenvalue weighted by Gasteiger charge is -2.21. The van der Waals surface area contributed by atoms with E-state index in [0.29, 0.717) is 5.88 Å². The van der Waals surface area contributed by atoms with Crippen molar-refractivity contribution in [3.8, 4) is 17.3 Å². The molecule has 29 heavy (non-hydrogen) atoms. The molecule has 148 valence electrons. The van der Waals surface area contributed by atoms with E-state index in [9.17, 15) is 0 Å². The highest BCUT2D eigenvalue weighted by Gasteiger charge is 2.14. The van der Waals surface area contributed by atoms with Gasteiger partial charge in [0.2, 0.25) is 5.88 Å². The van der Waals surface area contributed by atoms with Crippen molar-refractivity contribution in [2.24, 2.45) is 5.92 Å². The van der Waals surface area contributed by atoms with Crippen LogP contribution >= 0.6 is 11.3 Å². The highest BCUT2D eigenvalue weighted by atomic mass is 32.1. The number of anilines is 1. The molecule has 0 aliphatic heterocycles. The Morgan fingerprint density at radius 2 is 2.07 bits per heavy atom. The molecule has 0 saturated heterocycles. The van der Waals surface area contributed by atoms with Crippen molar-refractivity contribution in [1.82, 2.24) is 24.7 Å². The van der Waals surface area contributed by atoms with Crippen LogP contribution in [0.4, 0.5) is 5.13 Å². The van der Waals surface area contributed by atoms with Gasteiger partial charge in [-0.3, -0.25) is 0 Å². The summed E-state index contributed by atoms with van der Waals surface area (Å²) in [5.74, 6) is 2.03. The Morgan fingerprint density at radius 1 is 1.14 bits per heavy atom. The lowest BCUT2D eigenvalue weighted by atomic mass is 9.89. The summed E-state index contributed by atoms with van der Waals surface area (Å²) in [7, 11) is 0. The number of pyridine rings is 1. The lowest BCUT2D eigenvalue weighted by Crippen LogP contribution is -2.16. The van der Waals surface area contributed by atoms with Gasteiger partial charge < -0.3 is 10.1 Å². The van der Waals surface area contributed by atoms with E-state index >= 15 is 0 Å². The second-order valence-electron chi connectivity index (χ2n) is 7.33. The van der Waals surface area contributed by atoms with Crippen LogP contribution in [0.3, 0.4) is 0 Å². The topological polar surface area (TPSA) is 77.8 Å². The minimum absolute atomic E-state index is 0.512. The van der Waals surface area contributed by atoms with Crippen LogP contribution in [0.5, 0.6) is 11.6 Å².